The Morgan fingerprint density at radius 1 is 0.864 bits per heavy atom. The SMILES string of the molecule is C=C/C(C)=C\c1ccc(-c2ccc3ccccc3c2)cc1C. The highest BCUT2D eigenvalue weighted by Crippen LogP contribution is 2.27. The average molecular weight is 284 g/mol. The van der Waals surface area contributed by atoms with Gasteiger partial charge in [-0.3, -0.25) is 0 Å². The Balaban J connectivity index is 2.04. The molecule has 0 amide bonds. The third kappa shape index (κ3) is 2.87. The third-order valence-corrected chi connectivity index (χ3v) is 4.06. The van der Waals surface area contributed by atoms with Crippen LogP contribution >= 0.6 is 0 Å². The fourth-order valence-electron chi connectivity index (χ4n) is 2.69. The summed E-state index contributed by atoms with van der Waals surface area (Å²) in [7, 11) is 0. The van der Waals surface area contributed by atoms with Crippen molar-refractivity contribution in [3.63, 3.8) is 0 Å². The summed E-state index contributed by atoms with van der Waals surface area (Å²) in [6, 6.07) is 21.8. The molecule has 0 aliphatic carbocycles. The van der Waals surface area contributed by atoms with Gasteiger partial charge in [0.25, 0.3) is 0 Å². The highest BCUT2D eigenvalue weighted by molar-refractivity contribution is 5.87. The molecule has 0 saturated carbocycles. The first-order valence-electron chi connectivity index (χ1n) is 7.58. The maximum absolute atomic E-state index is 3.81. The summed E-state index contributed by atoms with van der Waals surface area (Å²) in [4.78, 5) is 0. The van der Waals surface area contributed by atoms with Crippen LogP contribution in [0.3, 0.4) is 0 Å². The van der Waals surface area contributed by atoms with E-state index in [2.05, 4.69) is 87.2 Å². The fourth-order valence-corrected chi connectivity index (χ4v) is 2.69. The van der Waals surface area contributed by atoms with Gasteiger partial charge >= 0.3 is 0 Å². The van der Waals surface area contributed by atoms with Gasteiger partial charge < -0.3 is 0 Å². The molecule has 0 spiro atoms. The van der Waals surface area contributed by atoms with Crippen molar-refractivity contribution in [1.29, 1.82) is 0 Å². The van der Waals surface area contributed by atoms with Crippen molar-refractivity contribution >= 4 is 16.8 Å². The van der Waals surface area contributed by atoms with Crippen molar-refractivity contribution in [2.45, 2.75) is 13.8 Å². The monoisotopic (exact) mass is 284 g/mol. The summed E-state index contributed by atoms with van der Waals surface area (Å²) < 4.78 is 0. The van der Waals surface area contributed by atoms with Crippen LogP contribution in [-0.4, -0.2) is 0 Å². The van der Waals surface area contributed by atoms with Crippen molar-refractivity contribution < 1.29 is 0 Å². The van der Waals surface area contributed by atoms with Crippen LogP contribution in [0.5, 0.6) is 0 Å². The molecule has 22 heavy (non-hydrogen) atoms. The van der Waals surface area contributed by atoms with E-state index in [1.54, 1.807) is 0 Å². The zero-order chi connectivity index (χ0) is 15.5. The minimum absolute atomic E-state index is 1.18. The van der Waals surface area contributed by atoms with Crippen LogP contribution in [0.4, 0.5) is 0 Å². The van der Waals surface area contributed by atoms with Crippen molar-refractivity contribution in [3.8, 4) is 11.1 Å². The molecular formula is C22H20. The minimum Gasteiger partial charge on any atom is -0.0988 e. The van der Waals surface area contributed by atoms with E-state index in [0.29, 0.717) is 0 Å². The lowest BCUT2D eigenvalue weighted by molar-refractivity contribution is 1.43. The first-order valence-corrected chi connectivity index (χ1v) is 7.58. The van der Waals surface area contributed by atoms with E-state index in [-0.39, 0.29) is 0 Å². The van der Waals surface area contributed by atoms with Crippen LogP contribution in [-0.2, 0) is 0 Å². The molecule has 3 aromatic carbocycles. The number of aryl methyl sites for hydroxylation is 1. The molecule has 0 fully saturated rings. The number of rotatable bonds is 3. The molecule has 0 saturated heterocycles. The molecule has 0 aliphatic rings. The van der Waals surface area contributed by atoms with Crippen LogP contribution in [0.15, 0.2) is 78.9 Å². The van der Waals surface area contributed by atoms with E-state index >= 15 is 0 Å². The van der Waals surface area contributed by atoms with Gasteiger partial charge in [0.05, 0.1) is 0 Å². The average Bonchev–Trinajstić information content (AvgIpc) is 2.56. The first-order chi connectivity index (χ1) is 10.7. The van der Waals surface area contributed by atoms with E-state index in [1.165, 1.54) is 38.6 Å². The molecule has 0 aromatic heterocycles. The molecule has 0 atom stereocenters. The maximum atomic E-state index is 3.81. The lowest BCUT2D eigenvalue weighted by Crippen LogP contribution is -1.85. The van der Waals surface area contributed by atoms with Crippen LogP contribution < -0.4 is 0 Å². The normalized spacial score (nSPS) is 11.6. The van der Waals surface area contributed by atoms with Crippen LogP contribution in [0.1, 0.15) is 18.1 Å². The van der Waals surface area contributed by atoms with Gasteiger partial charge in [0.15, 0.2) is 0 Å². The summed E-state index contributed by atoms with van der Waals surface area (Å²) in [6.45, 7) is 8.04. The second-order valence-corrected chi connectivity index (χ2v) is 5.73. The van der Waals surface area contributed by atoms with Crippen molar-refractivity contribution in [3.05, 3.63) is 90.0 Å². The summed E-state index contributed by atoms with van der Waals surface area (Å²) in [5.74, 6) is 0. The van der Waals surface area contributed by atoms with Crippen LogP contribution in [0, 0.1) is 6.92 Å². The zero-order valence-corrected chi connectivity index (χ0v) is 13.1. The van der Waals surface area contributed by atoms with E-state index in [0.717, 1.165) is 0 Å². The highest BCUT2D eigenvalue weighted by atomic mass is 14.1. The summed E-state index contributed by atoms with van der Waals surface area (Å²) >= 11 is 0. The standard InChI is InChI=1S/C22H20/c1-4-16(2)13-19-10-12-21(14-17(19)3)22-11-9-18-7-5-6-8-20(18)15-22/h4-15H,1H2,2-3H3/b16-13-. The Morgan fingerprint density at radius 2 is 1.55 bits per heavy atom. The predicted molar refractivity (Wildman–Crippen MR) is 98.0 cm³/mol. The van der Waals surface area contributed by atoms with Gasteiger partial charge in [-0.25, -0.2) is 0 Å². The lowest BCUT2D eigenvalue weighted by Gasteiger charge is -2.08. The van der Waals surface area contributed by atoms with Gasteiger partial charge in [0.2, 0.25) is 0 Å². The molecule has 3 rings (SSSR count). The second kappa shape index (κ2) is 6.03. The summed E-state index contributed by atoms with van der Waals surface area (Å²) in [5, 5.41) is 2.56. The number of hydrogen-bond acceptors (Lipinski definition) is 0. The molecule has 0 nitrogen and oxygen atoms in total. The molecule has 0 bridgehead atoms. The van der Waals surface area contributed by atoms with E-state index in [9.17, 15) is 0 Å². The lowest BCUT2D eigenvalue weighted by atomic mass is 9.97. The molecule has 0 aliphatic heterocycles. The summed E-state index contributed by atoms with van der Waals surface area (Å²) in [5.41, 5.74) is 6.24. The Kier molecular flexibility index (Phi) is 3.93. The molecule has 0 N–H and O–H groups in total. The molecule has 108 valence electrons. The zero-order valence-electron chi connectivity index (χ0n) is 13.1. The molecular weight excluding hydrogens is 264 g/mol. The van der Waals surface area contributed by atoms with Gasteiger partial charge in [0.1, 0.15) is 0 Å². The molecule has 0 heterocycles. The third-order valence-electron chi connectivity index (χ3n) is 4.06. The molecule has 0 radical (unpaired) electrons. The van der Waals surface area contributed by atoms with Gasteiger partial charge in [-0.15, -0.1) is 0 Å². The Labute approximate surface area is 132 Å². The molecule has 0 unspecified atom stereocenters. The number of benzene rings is 3. The summed E-state index contributed by atoms with van der Waals surface area (Å²) in [6.07, 6.45) is 4.06. The predicted octanol–water partition coefficient (Wildman–Crippen LogP) is 6.40. The quantitative estimate of drug-likeness (QED) is 0.488. The maximum Gasteiger partial charge on any atom is -0.0178 e. The Bertz CT molecular complexity index is 866. The van der Waals surface area contributed by atoms with Crippen molar-refractivity contribution in [1.82, 2.24) is 0 Å². The smallest absolute Gasteiger partial charge is 0.0178 e. The van der Waals surface area contributed by atoms with E-state index < -0.39 is 0 Å². The largest absolute Gasteiger partial charge is 0.0988 e. The van der Waals surface area contributed by atoms with Crippen LogP contribution in [0.25, 0.3) is 28.0 Å². The second-order valence-electron chi connectivity index (χ2n) is 5.73. The molecule has 0 heteroatoms. The number of fused-ring (bicyclic) bond motifs is 1. The van der Waals surface area contributed by atoms with Crippen molar-refractivity contribution in [2.75, 3.05) is 0 Å². The number of allylic oxidation sites excluding steroid dienone is 2. The van der Waals surface area contributed by atoms with E-state index in [4.69, 9.17) is 0 Å². The van der Waals surface area contributed by atoms with Crippen LogP contribution in [0.2, 0.25) is 0 Å². The minimum atomic E-state index is 1.18. The topological polar surface area (TPSA) is 0 Å². The van der Waals surface area contributed by atoms with Gasteiger partial charge in [-0.1, -0.05) is 78.9 Å². The van der Waals surface area contributed by atoms with Gasteiger partial charge in [-0.05, 0) is 52.9 Å². The molecule has 3 aromatic rings. The highest BCUT2D eigenvalue weighted by Gasteiger charge is 2.02. The van der Waals surface area contributed by atoms with Gasteiger partial charge in [-0.2, -0.15) is 0 Å². The van der Waals surface area contributed by atoms with E-state index in [1.807, 2.05) is 6.08 Å². The van der Waals surface area contributed by atoms with Crippen molar-refractivity contribution in [2.24, 2.45) is 0 Å². The van der Waals surface area contributed by atoms with Gasteiger partial charge in [0, 0.05) is 0 Å². The Hall–Kier alpha value is -2.60. The first kappa shape index (κ1) is 14.3. The number of hydrogen-bond donors (Lipinski definition) is 0. The fraction of sp³-hybridized carbons (Fsp3) is 0.0909. The Morgan fingerprint density at radius 3 is 2.27 bits per heavy atom.